The molecule has 5 nitrogen and oxygen atoms in total. The van der Waals surface area contributed by atoms with E-state index in [-0.39, 0.29) is 18.8 Å². The third-order valence-electron chi connectivity index (χ3n) is 5.69. The fourth-order valence-electron chi connectivity index (χ4n) is 3.86. The van der Waals surface area contributed by atoms with Gasteiger partial charge in [0.2, 0.25) is 0 Å². The van der Waals surface area contributed by atoms with Crippen molar-refractivity contribution in [1.82, 2.24) is 5.32 Å². The first-order valence-corrected chi connectivity index (χ1v) is 11.6. The molecule has 2 heterocycles. The predicted octanol–water partition coefficient (Wildman–Crippen LogP) is 4.13. The molecule has 2 aromatic carbocycles. The van der Waals surface area contributed by atoms with Crippen LogP contribution in [0.15, 0.2) is 42.5 Å². The summed E-state index contributed by atoms with van der Waals surface area (Å²) in [6, 6.07) is 14.0. The van der Waals surface area contributed by atoms with Crippen molar-refractivity contribution in [2.75, 3.05) is 26.3 Å². The second-order valence-electron chi connectivity index (χ2n) is 8.06. The van der Waals surface area contributed by atoms with E-state index in [2.05, 4.69) is 17.4 Å². The summed E-state index contributed by atoms with van der Waals surface area (Å²) in [5.41, 5.74) is 3.15. The summed E-state index contributed by atoms with van der Waals surface area (Å²) < 4.78 is 11.8. The summed E-state index contributed by atoms with van der Waals surface area (Å²) >= 11 is 6.45. The number of aliphatic hydroxyl groups excluding tert-OH is 2. The summed E-state index contributed by atoms with van der Waals surface area (Å²) in [4.78, 5) is 0. The summed E-state index contributed by atoms with van der Waals surface area (Å²) in [6.45, 7) is 6.74. The summed E-state index contributed by atoms with van der Waals surface area (Å²) in [6.07, 6.45) is 0.681. The van der Waals surface area contributed by atoms with Crippen LogP contribution in [0, 0.1) is 5.92 Å². The van der Waals surface area contributed by atoms with E-state index in [1.807, 2.05) is 44.2 Å². The Balaban J connectivity index is 0.00000132. The number of aliphatic hydroxyl groups is 2. The Bertz CT molecular complexity index is 810. The minimum Gasteiger partial charge on any atom is -0.493 e. The van der Waals surface area contributed by atoms with E-state index in [0.29, 0.717) is 30.2 Å². The lowest BCUT2D eigenvalue weighted by Gasteiger charge is -2.32. The van der Waals surface area contributed by atoms with Crippen molar-refractivity contribution >= 4 is 11.6 Å². The van der Waals surface area contributed by atoms with Crippen LogP contribution >= 0.6 is 11.6 Å². The van der Waals surface area contributed by atoms with Gasteiger partial charge in [-0.2, -0.15) is 0 Å². The fourth-order valence-corrected chi connectivity index (χ4v) is 4.04. The van der Waals surface area contributed by atoms with Gasteiger partial charge in [-0.15, -0.1) is 0 Å². The van der Waals surface area contributed by atoms with E-state index in [9.17, 15) is 10.2 Å². The predicted molar refractivity (Wildman–Crippen MR) is 124 cm³/mol. The largest absolute Gasteiger partial charge is 0.493 e. The molecule has 170 valence electrons. The van der Waals surface area contributed by atoms with E-state index in [0.717, 1.165) is 42.1 Å². The highest BCUT2D eigenvalue weighted by molar-refractivity contribution is 6.31. The normalized spacial score (nSPS) is 23.5. The van der Waals surface area contributed by atoms with Crippen LogP contribution in [0.2, 0.25) is 5.02 Å². The fraction of sp³-hybridized carbons (Fsp3) is 0.520. The zero-order chi connectivity index (χ0) is 22.2. The van der Waals surface area contributed by atoms with Gasteiger partial charge in [0.05, 0.1) is 31.5 Å². The molecule has 3 N–H and O–H groups in total. The van der Waals surface area contributed by atoms with E-state index in [4.69, 9.17) is 21.1 Å². The minimum absolute atomic E-state index is 0.0836. The molecule has 0 radical (unpaired) electrons. The van der Waals surface area contributed by atoms with Crippen LogP contribution in [0.4, 0.5) is 0 Å². The van der Waals surface area contributed by atoms with Crippen molar-refractivity contribution < 1.29 is 19.7 Å². The summed E-state index contributed by atoms with van der Waals surface area (Å²) in [7, 11) is 0. The zero-order valence-corrected chi connectivity index (χ0v) is 19.1. The number of ether oxygens (including phenoxy) is 2. The molecule has 0 aliphatic carbocycles. The Morgan fingerprint density at radius 1 is 1.10 bits per heavy atom. The van der Waals surface area contributed by atoms with Crippen LogP contribution in [-0.4, -0.2) is 48.7 Å². The maximum absolute atomic E-state index is 10.1. The summed E-state index contributed by atoms with van der Waals surface area (Å²) in [5, 5.41) is 23.5. The van der Waals surface area contributed by atoms with Crippen LogP contribution in [0.5, 0.6) is 5.75 Å². The number of nitrogens with one attached hydrogen (secondary N) is 1. The van der Waals surface area contributed by atoms with Gasteiger partial charge in [-0.1, -0.05) is 49.7 Å². The molecule has 3 atom stereocenters. The van der Waals surface area contributed by atoms with Crippen LogP contribution in [0.25, 0.3) is 0 Å². The molecule has 0 bridgehead atoms. The standard InChI is InChI=1S/C23H28ClNO4.C2H6/c24-22-6-3-17(23-10-19(27)9-21(13-26)29-23)8-18(22)7-15-1-4-20(5-2-15)28-14-16-11-25-12-16;1-2/h1-6,8,16,19,21,23,25-27H,7,9-14H2;1-2H3. The zero-order valence-electron chi connectivity index (χ0n) is 18.4. The van der Waals surface area contributed by atoms with Gasteiger partial charge >= 0.3 is 0 Å². The SMILES string of the molecule is CC.OCC1CC(O)CC(c2ccc(Cl)c(Cc3ccc(OCC4CNC4)cc3)c2)O1. The highest BCUT2D eigenvalue weighted by Crippen LogP contribution is 2.33. The first-order valence-electron chi connectivity index (χ1n) is 11.3. The van der Waals surface area contributed by atoms with Crippen molar-refractivity contribution in [3.8, 4) is 5.75 Å². The quantitative estimate of drug-likeness (QED) is 0.595. The van der Waals surface area contributed by atoms with E-state index in [1.165, 1.54) is 0 Å². The van der Waals surface area contributed by atoms with Gasteiger partial charge in [-0.3, -0.25) is 0 Å². The molecule has 0 amide bonds. The molecule has 3 unspecified atom stereocenters. The number of hydrogen-bond acceptors (Lipinski definition) is 5. The Morgan fingerprint density at radius 2 is 1.84 bits per heavy atom. The second-order valence-corrected chi connectivity index (χ2v) is 8.47. The minimum atomic E-state index is -0.465. The topological polar surface area (TPSA) is 71.0 Å². The van der Waals surface area contributed by atoms with Crippen LogP contribution in [0.3, 0.4) is 0 Å². The molecular weight excluding hydrogens is 414 g/mol. The number of rotatable bonds is 7. The molecule has 2 aromatic rings. The van der Waals surface area contributed by atoms with Crippen molar-refractivity contribution in [1.29, 1.82) is 0 Å². The Hall–Kier alpha value is -1.63. The van der Waals surface area contributed by atoms with Crippen molar-refractivity contribution in [2.24, 2.45) is 5.92 Å². The number of halogens is 1. The molecule has 0 saturated carbocycles. The third kappa shape index (κ3) is 6.67. The first-order chi connectivity index (χ1) is 15.1. The van der Waals surface area contributed by atoms with Crippen molar-refractivity contribution in [2.45, 2.75) is 51.4 Å². The van der Waals surface area contributed by atoms with Crippen LogP contribution in [0.1, 0.15) is 49.5 Å². The Labute approximate surface area is 190 Å². The maximum Gasteiger partial charge on any atom is 0.119 e. The lowest BCUT2D eigenvalue weighted by Crippen LogP contribution is -2.45. The second kappa shape index (κ2) is 11.8. The molecule has 31 heavy (non-hydrogen) atoms. The monoisotopic (exact) mass is 447 g/mol. The van der Waals surface area contributed by atoms with Gasteiger partial charge in [-0.05, 0) is 41.3 Å². The molecule has 2 aliphatic heterocycles. The summed E-state index contributed by atoms with van der Waals surface area (Å²) in [5.74, 6) is 1.50. The first kappa shape index (κ1) is 24.0. The molecule has 2 fully saturated rings. The van der Waals surface area contributed by atoms with Crippen molar-refractivity contribution in [3.05, 3.63) is 64.2 Å². The van der Waals surface area contributed by atoms with E-state index in [1.54, 1.807) is 0 Å². The van der Waals surface area contributed by atoms with Gasteiger partial charge < -0.3 is 25.0 Å². The maximum atomic E-state index is 10.1. The molecule has 4 rings (SSSR count). The highest BCUT2D eigenvalue weighted by Gasteiger charge is 2.29. The van der Waals surface area contributed by atoms with Gasteiger partial charge in [-0.25, -0.2) is 0 Å². The lowest BCUT2D eigenvalue weighted by molar-refractivity contribution is -0.113. The van der Waals surface area contributed by atoms with Gasteiger partial charge in [0.25, 0.3) is 0 Å². The van der Waals surface area contributed by atoms with Gasteiger partial charge in [0, 0.05) is 36.9 Å². The number of hydrogen-bond donors (Lipinski definition) is 3. The van der Waals surface area contributed by atoms with E-state index < -0.39 is 6.10 Å². The molecule has 6 heteroatoms. The molecular formula is C25H34ClNO4. The molecule has 0 spiro atoms. The average Bonchev–Trinajstić information content (AvgIpc) is 2.76. The van der Waals surface area contributed by atoms with Gasteiger partial charge in [0.1, 0.15) is 5.75 Å². The number of benzene rings is 2. The Kier molecular flexibility index (Phi) is 9.17. The van der Waals surface area contributed by atoms with Crippen LogP contribution < -0.4 is 10.1 Å². The Morgan fingerprint density at radius 3 is 2.48 bits per heavy atom. The molecule has 0 aromatic heterocycles. The van der Waals surface area contributed by atoms with E-state index >= 15 is 0 Å². The van der Waals surface area contributed by atoms with Crippen molar-refractivity contribution in [3.63, 3.8) is 0 Å². The lowest BCUT2D eigenvalue weighted by atomic mass is 9.94. The van der Waals surface area contributed by atoms with Crippen LogP contribution in [-0.2, 0) is 11.2 Å². The molecule has 2 aliphatic rings. The van der Waals surface area contributed by atoms with Gasteiger partial charge in [0.15, 0.2) is 0 Å². The average molecular weight is 448 g/mol. The highest BCUT2D eigenvalue weighted by atomic mass is 35.5. The third-order valence-corrected chi connectivity index (χ3v) is 6.06. The molecule has 2 saturated heterocycles. The smallest absolute Gasteiger partial charge is 0.119 e.